The van der Waals surface area contributed by atoms with Gasteiger partial charge in [-0.2, -0.15) is 13.2 Å². The zero-order chi connectivity index (χ0) is 14.2. The third-order valence-electron chi connectivity index (χ3n) is 4.83. The molecule has 2 fully saturated rings. The fraction of sp³-hybridized carbons (Fsp3) is 1.00. The first-order valence-corrected chi connectivity index (χ1v) is 6.96. The van der Waals surface area contributed by atoms with Crippen LogP contribution >= 0.6 is 0 Å². The van der Waals surface area contributed by atoms with E-state index in [0.29, 0.717) is 12.8 Å². The van der Waals surface area contributed by atoms with Crippen LogP contribution in [-0.2, 0) is 0 Å². The van der Waals surface area contributed by atoms with Gasteiger partial charge in [0, 0.05) is 12.1 Å². The summed E-state index contributed by atoms with van der Waals surface area (Å²) in [6.45, 7) is 1.89. The first-order chi connectivity index (χ1) is 8.84. The Balaban J connectivity index is 2.16. The van der Waals surface area contributed by atoms with Gasteiger partial charge in [0.1, 0.15) is 0 Å². The minimum atomic E-state index is -4.55. The predicted octanol–water partition coefficient (Wildman–Crippen LogP) is 1.68. The number of aliphatic hydroxyl groups is 2. The molecule has 0 aromatic carbocycles. The molecule has 2 rings (SSSR count). The molecule has 0 bridgehead atoms. The number of hydrogen-bond donors (Lipinski definition) is 3. The zero-order valence-corrected chi connectivity index (χ0v) is 11.0. The van der Waals surface area contributed by atoms with E-state index in [1.165, 1.54) is 0 Å². The van der Waals surface area contributed by atoms with E-state index in [2.05, 4.69) is 5.32 Å². The van der Waals surface area contributed by atoms with E-state index in [9.17, 15) is 23.4 Å². The number of rotatable bonds is 2. The van der Waals surface area contributed by atoms with Crippen LogP contribution in [0, 0.1) is 17.8 Å². The predicted molar refractivity (Wildman–Crippen MR) is 64.5 cm³/mol. The Labute approximate surface area is 111 Å². The number of hydrogen-bond acceptors (Lipinski definition) is 3. The molecule has 1 saturated heterocycles. The van der Waals surface area contributed by atoms with Crippen LogP contribution in [0.5, 0.6) is 0 Å². The fourth-order valence-electron chi connectivity index (χ4n) is 3.96. The number of halogens is 3. The summed E-state index contributed by atoms with van der Waals surface area (Å²) in [4.78, 5) is 0. The Bertz CT molecular complexity index is 311. The molecule has 6 atom stereocenters. The number of aliphatic hydroxyl groups excluding tert-OH is 2. The molecule has 0 amide bonds. The summed E-state index contributed by atoms with van der Waals surface area (Å²) in [6.07, 6.45) is -4.21. The van der Waals surface area contributed by atoms with E-state index in [-0.39, 0.29) is 30.5 Å². The van der Waals surface area contributed by atoms with Gasteiger partial charge >= 0.3 is 6.18 Å². The van der Waals surface area contributed by atoms with Gasteiger partial charge < -0.3 is 15.5 Å². The van der Waals surface area contributed by atoms with Crippen molar-refractivity contribution in [3.8, 4) is 0 Å². The SMILES string of the molecule is C[C@@H]1N[C@@H](CO)CC2C1CCCC2[C@H](O)C(F)(F)F. The number of piperidine rings is 1. The van der Waals surface area contributed by atoms with Crippen molar-refractivity contribution in [3.05, 3.63) is 0 Å². The lowest BCUT2D eigenvalue weighted by Crippen LogP contribution is -2.56. The molecule has 0 aromatic heterocycles. The van der Waals surface area contributed by atoms with Gasteiger partial charge in [0.15, 0.2) is 6.10 Å². The highest BCUT2D eigenvalue weighted by Gasteiger charge is 2.51. The number of alkyl halides is 3. The molecule has 1 saturated carbocycles. The van der Waals surface area contributed by atoms with Gasteiger partial charge in [-0.1, -0.05) is 6.42 Å². The maximum atomic E-state index is 12.8. The van der Waals surface area contributed by atoms with E-state index < -0.39 is 18.2 Å². The minimum Gasteiger partial charge on any atom is -0.395 e. The van der Waals surface area contributed by atoms with Gasteiger partial charge in [0.25, 0.3) is 0 Å². The summed E-state index contributed by atoms with van der Waals surface area (Å²) in [5.74, 6) is -0.713. The average Bonchev–Trinajstić information content (AvgIpc) is 2.36. The molecule has 0 radical (unpaired) electrons. The van der Waals surface area contributed by atoms with Crippen molar-refractivity contribution >= 4 is 0 Å². The van der Waals surface area contributed by atoms with Gasteiger partial charge in [-0.3, -0.25) is 0 Å². The van der Waals surface area contributed by atoms with E-state index in [0.717, 1.165) is 12.8 Å². The summed E-state index contributed by atoms with van der Waals surface area (Å²) in [6, 6.07) is -0.0589. The van der Waals surface area contributed by atoms with Crippen molar-refractivity contribution in [2.45, 2.75) is 57.0 Å². The molecule has 112 valence electrons. The number of fused-ring (bicyclic) bond motifs is 1. The maximum absolute atomic E-state index is 12.8. The van der Waals surface area contributed by atoms with E-state index in [1.807, 2.05) is 6.92 Å². The van der Waals surface area contributed by atoms with Crippen LogP contribution in [0.3, 0.4) is 0 Å². The molecular formula is C13H22F3NO2. The molecule has 3 unspecified atom stereocenters. The molecule has 1 aliphatic carbocycles. The fourth-order valence-corrected chi connectivity index (χ4v) is 3.96. The van der Waals surface area contributed by atoms with Crippen LogP contribution in [-0.4, -0.2) is 41.2 Å². The maximum Gasteiger partial charge on any atom is 0.414 e. The molecule has 19 heavy (non-hydrogen) atoms. The normalized spacial score (nSPS) is 41.7. The Morgan fingerprint density at radius 3 is 2.53 bits per heavy atom. The van der Waals surface area contributed by atoms with Crippen LogP contribution in [0.1, 0.15) is 32.6 Å². The lowest BCUT2D eigenvalue weighted by Gasteiger charge is -2.49. The van der Waals surface area contributed by atoms with Crippen LogP contribution in [0.4, 0.5) is 13.2 Å². The monoisotopic (exact) mass is 281 g/mol. The van der Waals surface area contributed by atoms with E-state index >= 15 is 0 Å². The highest BCUT2D eigenvalue weighted by molar-refractivity contribution is 4.97. The van der Waals surface area contributed by atoms with Crippen molar-refractivity contribution in [2.75, 3.05) is 6.61 Å². The summed E-state index contributed by atoms with van der Waals surface area (Å²) in [5.41, 5.74) is 0. The Morgan fingerprint density at radius 1 is 1.26 bits per heavy atom. The van der Waals surface area contributed by atoms with Crippen molar-refractivity contribution in [1.29, 1.82) is 0 Å². The molecule has 3 N–H and O–H groups in total. The van der Waals surface area contributed by atoms with Gasteiger partial charge in [-0.25, -0.2) is 0 Å². The largest absolute Gasteiger partial charge is 0.414 e. The second-order valence-electron chi connectivity index (χ2n) is 5.98. The third kappa shape index (κ3) is 3.06. The van der Waals surface area contributed by atoms with Crippen LogP contribution in [0.15, 0.2) is 0 Å². The standard InChI is InChI=1S/C13H22F3NO2/c1-7-9-3-2-4-10(12(19)13(14,15)16)11(9)5-8(6-18)17-7/h7-12,17-19H,2-6H2,1H3/t7-,8+,9?,10?,11?,12-/m0/s1. The van der Waals surface area contributed by atoms with E-state index in [1.54, 1.807) is 0 Å². The van der Waals surface area contributed by atoms with Gasteiger partial charge in [0.05, 0.1) is 6.61 Å². The highest BCUT2D eigenvalue weighted by Crippen LogP contribution is 2.46. The molecule has 1 heterocycles. The van der Waals surface area contributed by atoms with Gasteiger partial charge in [-0.15, -0.1) is 0 Å². The van der Waals surface area contributed by atoms with Crippen LogP contribution in [0.25, 0.3) is 0 Å². The first kappa shape index (κ1) is 15.1. The Hall–Kier alpha value is -0.330. The smallest absolute Gasteiger partial charge is 0.395 e. The van der Waals surface area contributed by atoms with E-state index in [4.69, 9.17) is 0 Å². The summed E-state index contributed by atoms with van der Waals surface area (Å²) >= 11 is 0. The summed E-state index contributed by atoms with van der Waals surface area (Å²) in [7, 11) is 0. The van der Waals surface area contributed by atoms with Gasteiger partial charge in [-0.05, 0) is 43.9 Å². The third-order valence-corrected chi connectivity index (χ3v) is 4.83. The first-order valence-electron chi connectivity index (χ1n) is 6.96. The van der Waals surface area contributed by atoms with Crippen LogP contribution in [0.2, 0.25) is 0 Å². The molecular weight excluding hydrogens is 259 g/mol. The molecule has 1 aliphatic heterocycles. The topological polar surface area (TPSA) is 52.5 Å². The van der Waals surface area contributed by atoms with Crippen molar-refractivity contribution in [2.24, 2.45) is 17.8 Å². The van der Waals surface area contributed by atoms with Gasteiger partial charge in [0.2, 0.25) is 0 Å². The molecule has 0 spiro atoms. The van der Waals surface area contributed by atoms with Crippen LogP contribution < -0.4 is 5.32 Å². The second kappa shape index (κ2) is 5.58. The molecule has 6 heteroatoms. The quantitative estimate of drug-likeness (QED) is 0.722. The Kier molecular flexibility index (Phi) is 4.42. The molecule has 3 nitrogen and oxygen atoms in total. The number of nitrogens with one attached hydrogen (secondary N) is 1. The Morgan fingerprint density at radius 2 is 1.95 bits per heavy atom. The summed E-state index contributed by atoms with van der Waals surface area (Å²) in [5, 5.41) is 22.1. The molecule has 0 aromatic rings. The minimum absolute atomic E-state index is 0.0671. The summed E-state index contributed by atoms with van der Waals surface area (Å²) < 4.78 is 38.3. The molecule has 2 aliphatic rings. The highest BCUT2D eigenvalue weighted by atomic mass is 19.4. The zero-order valence-electron chi connectivity index (χ0n) is 11.0. The van der Waals surface area contributed by atoms with Crippen molar-refractivity contribution < 1.29 is 23.4 Å². The van der Waals surface area contributed by atoms with Crippen molar-refractivity contribution in [3.63, 3.8) is 0 Å². The second-order valence-corrected chi connectivity index (χ2v) is 5.98. The average molecular weight is 281 g/mol. The lowest BCUT2D eigenvalue weighted by atomic mass is 9.63. The lowest BCUT2D eigenvalue weighted by molar-refractivity contribution is -0.232. The van der Waals surface area contributed by atoms with Crippen molar-refractivity contribution in [1.82, 2.24) is 5.32 Å².